The molecule has 1 aromatic carbocycles. The minimum absolute atomic E-state index is 0.265. The topological polar surface area (TPSA) is 15.3 Å². The van der Waals surface area contributed by atoms with E-state index in [1.807, 2.05) is 0 Å². The van der Waals surface area contributed by atoms with E-state index in [1.54, 1.807) is 0 Å². The fraction of sp³-hybridized carbons (Fsp3) is 0.625. The second-order valence-electron chi connectivity index (χ2n) is 6.30. The van der Waals surface area contributed by atoms with Crippen molar-refractivity contribution >= 4 is 5.69 Å². The lowest BCUT2D eigenvalue weighted by Crippen LogP contribution is -2.39. The molecule has 0 atom stereocenters. The monoisotopic (exact) mass is 246 g/mol. The molecule has 1 heterocycles. The number of benzene rings is 1. The van der Waals surface area contributed by atoms with E-state index in [2.05, 4.69) is 57.0 Å². The van der Waals surface area contributed by atoms with Crippen LogP contribution in [-0.4, -0.2) is 25.2 Å². The van der Waals surface area contributed by atoms with Crippen LogP contribution in [0.15, 0.2) is 12.1 Å². The number of nitrogens with one attached hydrogen (secondary N) is 1. The van der Waals surface area contributed by atoms with Gasteiger partial charge in [-0.1, -0.05) is 17.7 Å². The summed E-state index contributed by atoms with van der Waals surface area (Å²) in [5.74, 6) is 0. The Bertz CT molecular complexity index is 412. The van der Waals surface area contributed by atoms with Gasteiger partial charge in [0.15, 0.2) is 0 Å². The van der Waals surface area contributed by atoms with Crippen LogP contribution in [0.25, 0.3) is 0 Å². The van der Waals surface area contributed by atoms with E-state index in [9.17, 15) is 0 Å². The van der Waals surface area contributed by atoms with Crippen LogP contribution >= 0.6 is 0 Å². The average molecular weight is 246 g/mol. The first-order valence-corrected chi connectivity index (χ1v) is 6.97. The van der Waals surface area contributed by atoms with Gasteiger partial charge in [0.05, 0.1) is 0 Å². The molecule has 0 amide bonds. The molecule has 100 valence electrons. The zero-order valence-electron chi connectivity index (χ0n) is 12.4. The van der Waals surface area contributed by atoms with Crippen molar-refractivity contribution in [3.8, 4) is 0 Å². The smallest absolute Gasteiger partial charge is 0.0426 e. The lowest BCUT2D eigenvalue weighted by atomic mass is 10.0. The van der Waals surface area contributed by atoms with Crippen molar-refractivity contribution in [2.75, 3.05) is 24.5 Å². The third-order valence-corrected chi connectivity index (χ3v) is 3.94. The van der Waals surface area contributed by atoms with Crippen molar-refractivity contribution in [2.24, 2.45) is 0 Å². The molecule has 0 radical (unpaired) electrons. The van der Waals surface area contributed by atoms with Gasteiger partial charge in [0.2, 0.25) is 0 Å². The van der Waals surface area contributed by atoms with Gasteiger partial charge < -0.3 is 10.2 Å². The van der Waals surface area contributed by atoms with Crippen molar-refractivity contribution in [3.63, 3.8) is 0 Å². The lowest BCUT2D eigenvalue weighted by Gasteiger charge is -2.27. The Morgan fingerprint density at radius 2 is 1.67 bits per heavy atom. The number of rotatable bonds is 1. The van der Waals surface area contributed by atoms with Gasteiger partial charge in [0, 0.05) is 30.9 Å². The lowest BCUT2D eigenvalue weighted by molar-refractivity contribution is 0.394. The highest BCUT2D eigenvalue weighted by atomic mass is 15.2. The van der Waals surface area contributed by atoms with E-state index in [0.717, 1.165) is 19.6 Å². The molecule has 1 aliphatic heterocycles. The molecule has 1 saturated heterocycles. The van der Waals surface area contributed by atoms with Crippen LogP contribution in [0.5, 0.6) is 0 Å². The third-order valence-electron chi connectivity index (χ3n) is 3.94. The van der Waals surface area contributed by atoms with Crippen molar-refractivity contribution in [1.29, 1.82) is 0 Å². The van der Waals surface area contributed by atoms with Crippen LogP contribution in [0.2, 0.25) is 0 Å². The summed E-state index contributed by atoms with van der Waals surface area (Å²) in [5.41, 5.74) is 5.89. The van der Waals surface area contributed by atoms with Crippen molar-refractivity contribution in [2.45, 2.75) is 46.6 Å². The first-order chi connectivity index (χ1) is 8.39. The van der Waals surface area contributed by atoms with E-state index in [0.29, 0.717) is 0 Å². The fourth-order valence-electron chi connectivity index (χ4n) is 3.04. The van der Waals surface area contributed by atoms with Gasteiger partial charge in [0.25, 0.3) is 0 Å². The molecule has 0 bridgehead atoms. The number of hydrogen-bond acceptors (Lipinski definition) is 2. The maximum atomic E-state index is 3.63. The molecule has 1 aromatic rings. The Morgan fingerprint density at radius 3 is 2.28 bits per heavy atom. The molecule has 18 heavy (non-hydrogen) atoms. The van der Waals surface area contributed by atoms with Crippen LogP contribution in [-0.2, 0) is 0 Å². The molecule has 0 spiro atoms. The first kappa shape index (κ1) is 13.4. The zero-order chi connectivity index (χ0) is 13.3. The number of aryl methyl sites for hydroxylation is 3. The van der Waals surface area contributed by atoms with Crippen LogP contribution in [0.3, 0.4) is 0 Å². The van der Waals surface area contributed by atoms with Crippen molar-refractivity contribution in [1.82, 2.24) is 5.32 Å². The SMILES string of the molecule is Cc1cc(C)c(N2CCNC(C)(C)CC2)c(C)c1. The molecular weight excluding hydrogens is 220 g/mol. The molecule has 1 fully saturated rings. The standard InChI is InChI=1S/C16H26N2/c1-12-10-13(2)15(14(3)11-12)18-8-6-16(4,5)17-7-9-18/h10-11,17H,6-9H2,1-5H3. The summed E-state index contributed by atoms with van der Waals surface area (Å²) in [6.45, 7) is 14.6. The number of anilines is 1. The zero-order valence-corrected chi connectivity index (χ0v) is 12.4. The second kappa shape index (κ2) is 4.93. The molecule has 0 unspecified atom stereocenters. The first-order valence-electron chi connectivity index (χ1n) is 6.97. The second-order valence-corrected chi connectivity index (χ2v) is 6.30. The summed E-state index contributed by atoms with van der Waals surface area (Å²) < 4.78 is 0. The summed E-state index contributed by atoms with van der Waals surface area (Å²) in [6, 6.07) is 4.59. The maximum absolute atomic E-state index is 3.63. The Hall–Kier alpha value is -1.02. The molecular formula is C16H26N2. The van der Waals surface area contributed by atoms with Gasteiger partial charge in [-0.2, -0.15) is 0 Å². The molecule has 2 nitrogen and oxygen atoms in total. The van der Waals surface area contributed by atoms with Crippen LogP contribution < -0.4 is 10.2 Å². The highest BCUT2D eigenvalue weighted by Gasteiger charge is 2.23. The quantitative estimate of drug-likeness (QED) is 0.818. The van der Waals surface area contributed by atoms with Gasteiger partial charge >= 0.3 is 0 Å². The minimum Gasteiger partial charge on any atom is -0.370 e. The minimum atomic E-state index is 0.265. The van der Waals surface area contributed by atoms with Crippen LogP contribution in [0.1, 0.15) is 37.0 Å². The molecule has 1 N–H and O–H groups in total. The third kappa shape index (κ3) is 2.86. The van der Waals surface area contributed by atoms with Crippen molar-refractivity contribution < 1.29 is 0 Å². The predicted molar refractivity (Wildman–Crippen MR) is 79.6 cm³/mol. The normalized spacial score (nSPS) is 19.7. The Morgan fingerprint density at radius 1 is 1.06 bits per heavy atom. The van der Waals surface area contributed by atoms with Gasteiger partial charge in [-0.3, -0.25) is 0 Å². The van der Waals surface area contributed by atoms with Crippen molar-refractivity contribution in [3.05, 3.63) is 28.8 Å². The highest BCUT2D eigenvalue weighted by molar-refractivity contribution is 5.60. The molecule has 0 aliphatic carbocycles. The molecule has 0 saturated carbocycles. The van der Waals surface area contributed by atoms with Gasteiger partial charge in [-0.15, -0.1) is 0 Å². The number of hydrogen-bond donors (Lipinski definition) is 1. The number of nitrogens with zero attached hydrogens (tertiary/aromatic N) is 1. The van der Waals surface area contributed by atoms with Crippen LogP contribution in [0, 0.1) is 20.8 Å². The summed E-state index contributed by atoms with van der Waals surface area (Å²) >= 11 is 0. The average Bonchev–Trinajstić information content (AvgIpc) is 2.39. The van der Waals surface area contributed by atoms with E-state index in [4.69, 9.17) is 0 Å². The molecule has 2 rings (SSSR count). The summed E-state index contributed by atoms with van der Waals surface area (Å²) in [7, 11) is 0. The molecule has 2 heteroatoms. The fourth-order valence-corrected chi connectivity index (χ4v) is 3.04. The van der Waals surface area contributed by atoms with E-state index >= 15 is 0 Å². The molecule has 0 aromatic heterocycles. The van der Waals surface area contributed by atoms with E-state index < -0.39 is 0 Å². The Balaban J connectivity index is 2.27. The predicted octanol–water partition coefficient (Wildman–Crippen LogP) is 3.19. The summed E-state index contributed by atoms with van der Waals surface area (Å²) in [5, 5.41) is 3.63. The summed E-state index contributed by atoms with van der Waals surface area (Å²) in [4.78, 5) is 2.55. The highest BCUT2D eigenvalue weighted by Crippen LogP contribution is 2.28. The van der Waals surface area contributed by atoms with E-state index in [-0.39, 0.29) is 5.54 Å². The Labute approximate surface area is 111 Å². The maximum Gasteiger partial charge on any atom is 0.0426 e. The van der Waals surface area contributed by atoms with Crippen LogP contribution in [0.4, 0.5) is 5.69 Å². The Kier molecular flexibility index (Phi) is 3.67. The largest absolute Gasteiger partial charge is 0.370 e. The van der Waals surface area contributed by atoms with Gasteiger partial charge in [-0.25, -0.2) is 0 Å². The van der Waals surface area contributed by atoms with E-state index in [1.165, 1.54) is 28.8 Å². The van der Waals surface area contributed by atoms with Gasteiger partial charge in [0.1, 0.15) is 0 Å². The summed E-state index contributed by atoms with van der Waals surface area (Å²) in [6.07, 6.45) is 1.19. The molecule has 1 aliphatic rings. The van der Waals surface area contributed by atoms with Gasteiger partial charge in [-0.05, 0) is 52.2 Å².